The fraction of sp³-hybridized carbons (Fsp3) is 0.381. The number of halogens is 1. The van der Waals surface area contributed by atoms with E-state index in [1.54, 1.807) is 37.5 Å². The minimum Gasteiger partial charge on any atom is -0.478 e. The average molecular weight is 358 g/mol. The Bertz CT molecular complexity index is 719. The van der Waals surface area contributed by atoms with Gasteiger partial charge in [-0.3, -0.25) is 9.98 Å². The molecule has 26 heavy (non-hydrogen) atoms. The highest BCUT2D eigenvalue weighted by molar-refractivity contribution is 6.26. The lowest BCUT2D eigenvalue weighted by Crippen LogP contribution is -2.17. The maximum atomic E-state index is 13.1. The van der Waals surface area contributed by atoms with Gasteiger partial charge in [0.1, 0.15) is 5.83 Å². The molecule has 0 bridgehead atoms. The molecule has 1 unspecified atom stereocenters. The maximum absolute atomic E-state index is 13.1. The molecular formula is C21H27FN2O2. The Hall–Kier alpha value is -2.56. The molecule has 4 nitrogen and oxygen atoms in total. The lowest BCUT2D eigenvalue weighted by atomic mass is 9.89. The van der Waals surface area contributed by atoms with E-state index in [0.29, 0.717) is 25.1 Å². The van der Waals surface area contributed by atoms with Crippen LogP contribution < -0.4 is 0 Å². The first-order valence-electron chi connectivity index (χ1n) is 8.95. The van der Waals surface area contributed by atoms with Gasteiger partial charge in [0.2, 0.25) is 0 Å². The highest BCUT2D eigenvalue weighted by atomic mass is 19.1. The average Bonchev–Trinajstić information content (AvgIpc) is 2.65. The van der Waals surface area contributed by atoms with Crippen LogP contribution in [0.1, 0.15) is 46.1 Å². The van der Waals surface area contributed by atoms with Crippen LogP contribution in [0.4, 0.5) is 4.39 Å². The van der Waals surface area contributed by atoms with Crippen molar-refractivity contribution in [2.75, 3.05) is 6.54 Å². The van der Waals surface area contributed by atoms with Crippen molar-refractivity contribution < 1.29 is 14.3 Å². The van der Waals surface area contributed by atoms with Gasteiger partial charge in [0.15, 0.2) is 0 Å². The fourth-order valence-corrected chi connectivity index (χ4v) is 2.75. The van der Waals surface area contributed by atoms with Crippen molar-refractivity contribution >= 4 is 11.7 Å². The van der Waals surface area contributed by atoms with Gasteiger partial charge in [-0.1, -0.05) is 25.5 Å². The van der Waals surface area contributed by atoms with Crippen molar-refractivity contribution in [2.24, 2.45) is 10.9 Å². The molecule has 5 heteroatoms. The first-order chi connectivity index (χ1) is 12.5. The lowest BCUT2D eigenvalue weighted by Gasteiger charge is -2.17. The number of aliphatic carboxylic acids is 1. The number of carbonyl (C=O) groups is 1. The predicted octanol–water partition coefficient (Wildman–Crippen LogP) is 5.14. The predicted molar refractivity (Wildman–Crippen MR) is 104 cm³/mol. The van der Waals surface area contributed by atoms with E-state index in [1.807, 2.05) is 20.8 Å². The monoisotopic (exact) mass is 358 g/mol. The highest BCUT2D eigenvalue weighted by Gasteiger charge is 2.21. The third kappa shape index (κ3) is 6.06. The molecule has 0 spiro atoms. The number of aromatic nitrogens is 1. The van der Waals surface area contributed by atoms with Crippen LogP contribution in [-0.2, 0) is 4.79 Å². The Kier molecular flexibility index (Phi) is 9.20. The largest absolute Gasteiger partial charge is 0.478 e. The number of hydrogen-bond acceptors (Lipinski definition) is 3. The number of allylic oxidation sites excluding steroid dienone is 5. The molecule has 140 valence electrons. The van der Waals surface area contributed by atoms with Crippen molar-refractivity contribution in [3.8, 4) is 0 Å². The van der Waals surface area contributed by atoms with Crippen LogP contribution in [0.15, 0.2) is 64.7 Å². The molecule has 0 saturated heterocycles. The highest BCUT2D eigenvalue weighted by Crippen LogP contribution is 2.26. The summed E-state index contributed by atoms with van der Waals surface area (Å²) >= 11 is 0. The van der Waals surface area contributed by atoms with Gasteiger partial charge in [0.25, 0.3) is 0 Å². The second-order valence-corrected chi connectivity index (χ2v) is 5.67. The van der Waals surface area contributed by atoms with Crippen LogP contribution >= 0.6 is 0 Å². The van der Waals surface area contributed by atoms with Crippen molar-refractivity contribution in [3.05, 3.63) is 65.3 Å². The number of aliphatic imine (C=N–C) groups is 1. The van der Waals surface area contributed by atoms with E-state index in [1.165, 1.54) is 12.2 Å². The number of hydrogen-bond donors (Lipinski definition) is 1. The molecule has 1 aliphatic carbocycles. The van der Waals surface area contributed by atoms with Crippen LogP contribution in [0.2, 0.25) is 0 Å². The maximum Gasteiger partial charge on any atom is 0.337 e. The van der Waals surface area contributed by atoms with Crippen LogP contribution in [0.25, 0.3) is 0 Å². The summed E-state index contributed by atoms with van der Waals surface area (Å²) in [7, 11) is 0. The Labute approximate surface area is 154 Å². The minimum absolute atomic E-state index is 0.0965. The Morgan fingerprint density at radius 2 is 2.00 bits per heavy atom. The normalized spacial score (nSPS) is 17.7. The quantitative estimate of drug-likeness (QED) is 0.566. The van der Waals surface area contributed by atoms with Gasteiger partial charge in [-0.2, -0.15) is 0 Å². The molecule has 0 fully saturated rings. The van der Waals surface area contributed by atoms with Gasteiger partial charge in [-0.25, -0.2) is 9.18 Å². The number of nitrogens with zero attached hydrogens (tertiary/aromatic N) is 2. The van der Waals surface area contributed by atoms with Gasteiger partial charge in [-0.05, 0) is 56.9 Å². The third-order valence-corrected chi connectivity index (χ3v) is 3.86. The van der Waals surface area contributed by atoms with Gasteiger partial charge in [0, 0.05) is 24.5 Å². The number of carboxylic acid groups (broad SMARTS) is 1. The molecular weight excluding hydrogens is 331 g/mol. The zero-order valence-corrected chi connectivity index (χ0v) is 15.9. The molecule has 0 radical (unpaired) electrons. The zero-order chi connectivity index (χ0) is 19.5. The van der Waals surface area contributed by atoms with Gasteiger partial charge < -0.3 is 5.11 Å². The van der Waals surface area contributed by atoms with Crippen molar-refractivity contribution in [2.45, 2.75) is 40.5 Å². The van der Waals surface area contributed by atoms with Gasteiger partial charge in [0.05, 0.1) is 11.3 Å². The Morgan fingerprint density at radius 3 is 2.50 bits per heavy atom. The van der Waals surface area contributed by atoms with E-state index in [-0.39, 0.29) is 17.3 Å². The summed E-state index contributed by atoms with van der Waals surface area (Å²) in [6.45, 7) is 8.16. The van der Waals surface area contributed by atoms with Crippen LogP contribution in [0.5, 0.6) is 0 Å². The van der Waals surface area contributed by atoms with Crippen LogP contribution in [0.3, 0.4) is 0 Å². The van der Waals surface area contributed by atoms with Crippen molar-refractivity contribution in [1.29, 1.82) is 0 Å². The van der Waals surface area contributed by atoms with Gasteiger partial charge >= 0.3 is 5.97 Å². The molecule has 0 amide bonds. The SMILES string of the molecule is CC.CCN=C(/C(C(=O)O)=C(\C)CC1C=CC(F)=CC1)c1ccncc1. The third-order valence-electron chi connectivity index (χ3n) is 3.86. The first kappa shape index (κ1) is 21.5. The summed E-state index contributed by atoms with van der Waals surface area (Å²) in [4.78, 5) is 20.3. The summed E-state index contributed by atoms with van der Waals surface area (Å²) in [6, 6.07) is 3.51. The number of carboxylic acids is 1. The van der Waals surface area contributed by atoms with E-state index < -0.39 is 5.97 Å². The smallest absolute Gasteiger partial charge is 0.337 e. The van der Waals surface area contributed by atoms with E-state index in [0.717, 1.165) is 11.1 Å². The van der Waals surface area contributed by atoms with Crippen LogP contribution in [-0.4, -0.2) is 28.3 Å². The molecule has 1 atom stereocenters. The topological polar surface area (TPSA) is 62.5 Å². The standard InChI is InChI=1S/C19H21FN2O2.C2H6/c1-3-22-18(15-8-10-21-11-9-15)17(19(23)24)13(2)12-14-4-6-16(20)7-5-14;1-2/h4,6-11,14H,3,5,12H2,1-2H3,(H,23,24);1-2H3/b17-13-,22-18?;. The molecule has 1 heterocycles. The molecule has 0 saturated carbocycles. The molecule has 0 aromatic carbocycles. The van der Waals surface area contributed by atoms with E-state index in [4.69, 9.17) is 0 Å². The number of rotatable bonds is 6. The second kappa shape index (κ2) is 11.1. The van der Waals surface area contributed by atoms with E-state index >= 15 is 0 Å². The zero-order valence-electron chi connectivity index (χ0n) is 15.9. The molecule has 0 aliphatic heterocycles. The second-order valence-electron chi connectivity index (χ2n) is 5.67. The summed E-state index contributed by atoms with van der Waals surface area (Å²) < 4.78 is 13.1. The van der Waals surface area contributed by atoms with Crippen molar-refractivity contribution in [3.63, 3.8) is 0 Å². The summed E-state index contributed by atoms with van der Waals surface area (Å²) in [5.41, 5.74) is 2.14. The first-order valence-corrected chi connectivity index (χ1v) is 8.95. The fourth-order valence-electron chi connectivity index (χ4n) is 2.75. The number of pyridine rings is 1. The summed E-state index contributed by atoms with van der Waals surface area (Å²) in [5.74, 6) is -1.14. The summed E-state index contributed by atoms with van der Waals surface area (Å²) in [5, 5.41) is 9.73. The Balaban J connectivity index is 0.00000163. The minimum atomic E-state index is -1.00. The molecule has 1 aliphatic rings. The lowest BCUT2D eigenvalue weighted by molar-refractivity contribution is -0.132. The summed E-state index contributed by atoms with van der Waals surface area (Å²) in [6.07, 6.45) is 9.12. The molecule has 1 aromatic heterocycles. The van der Waals surface area contributed by atoms with E-state index in [2.05, 4.69) is 9.98 Å². The molecule has 2 rings (SSSR count). The van der Waals surface area contributed by atoms with Crippen molar-refractivity contribution in [1.82, 2.24) is 4.98 Å². The van der Waals surface area contributed by atoms with E-state index in [9.17, 15) is 14.3 Å². The molecule has 1 N–H and O–H groups in total. The molecule has 1 aromatic rings. The van der Waals surface area contributed by atoms with Gasteiger partial charge in [-0.15, -0.1) is 0 Å². The van der Waals surface area contributed by atoms with Crippen LogP contribution in [0, 0.1) is 5.92 Å². The Morgan fingerprint density at radius 1 is 1.35 bits per heavy atom.